The maximum atomic E-state index is 12.4. The predicted octanol–water partition coefficient (Wildman–Crippen LogP) is 5.04. The molecule has 5 heteroatoms. The topological polar surface area (TPSA) is 44.9 Å². The summed E-state index contributed by atoms with van der Waals surface area (Å²) in [6.45, 7) is 1.87. The summed E-state index contributed by atoms with van der Waals surface area (Å²) in [5, 5.41) is 4.96. The summed E-state index contributed by atoms with van der Waals surface area (Å²) in [6, 6.07) is 10.8. The van der Waals surface area contributed by atoms with Crippen LogP contribution in [0.3, 0.4) is 0 Å². The molecule has 0 aliphatic heterocycles. The molecule has 0 atom stereocenters. The quantitative estimate of drug-likeness (QED) is 0.683. The lowest BCUT2D eigenvalue weighted by atomic mass is 10.1. The molecule has 3 nitrogen and oxygen atoms in total. The van der Waals surface area contributed by atoms with E-state index in [0.29, 0.717) is 21.3 Å². The number of H-pyrrole nitrogens is 1. The van der Waals surface area contributed by atoms with Gasteiger partial charge in [-0.05, 0) is 36.8 Å². The van der Waals surface area contributed by atoms with Crippen molar-refractivity contribution in [3.05, 3.63) is 63.8 Å². The van der Waals surface area contributed by atoms with E-state index in [9.17, 15) is 4.79 Å². The summed E-state index contributed by atoms with van der Waals surface area (Å²) in [5.41, 5.74) is 2.95. The Morgan fingerprint density at radius 2 is 2.00 bits per heavy atom. The maximum absolute atomic E-state index is 12.4. The average molecular weight is 319 g/mol. The van der Waals surface area contributed by atoms with Crippen molar-refractivity contribution in [1.82, 2.24) is 4.98 Å². The van der Waals surface area contributed by atoms with E-state index in [1.165, 1.54) is 0 Å². The molecule has 0 spiro atoms. The van der Waals surface area contributed by atoms with E-state index in [1.807, 2.05) is 19.1 Å². The van der Waals surface area contributed by atoms with Crippen molar-refractivity contribution in [3.8, 4) is 0 Å². The van der Waals surface area contributed by atoms with E-state index in [4.69, 9.17) is 23.2 Å². The summed E-state index contributed by atoms with van der Waals surface area (Å²) >= 11 is 12.0. The third-order valence-corrected chi connectivity index (χ3v) is 4.05. The van der Waals surface area contributed by atoms with Crippen LogP contribution in [0.5, 0.6) is 0 Å². The van der Waals surface area contributed by atoms with Gasteiger partial charge in [0.1, 0.15) is 0 Å². The van der Waals surface area contributed by atoms with Crippen molar-refractivity contribution in [2.24, 2.45) is 0 Å². The molecule has 0 aliphatic rings. The second-order valence-electron chi connectivity index (χ2n) is 4.76. The molecule has 2 aromatic carbocycles. The molecule has 0 saturated heterocycles. The molecular formula is C16H12Cl2N2O. The minimum atomic E-state index is -0.186. The van der Waals surface area contributed by atoms with E-state index in [-0.39, 0.29) is 5.91 Å². The zero-order valence-electron chi connectivity index (χ0n) is 11.2. The first-order chi connectivity index (χ1) is 10.1. The van der Waals surface area contributed by atoms with Crippen molar-refractivity contribution < 1.29 is 4.79 Å². The second-order valence-corrected chi connectivity index (χ2v) is 5.60. The van der Waals surface area contributed by atoms with E-state index in [0.717, 1.165) is 16.5 Å². The number of benzene rings is 2. The zero-order valence-corrected chi connectivity index (χ0v) is 12.7. The molecule has 0 saturated carbocycles. The Labute approximate surface area is 131 Å². The minimum Gasteiger partial charge on any atom is -0.360 e. The molecule has 1 amide bonds. The van der Waals surface area contributed by atoms with Gasteiger partial charge in [-0.15, -0.1) is 0 Å². The number of hydrogen-bond acceptors (Lipinski definition) is 1. The zero-order chi connectivity index (χ0) is 15.0. The summed E-state index contributed by atoms with van der Waals surface area (Å²) in [5.74, 6) is -0.186. The van der Waals surface area contributed by atoms with Crippen molar-refractivity contribution in [1.29, 1.82) is 0 Å². The lowest BCUT2D eigenvalue weighted by Crippen LogP contribution is -2.12. The van der Waals surface area contributed by atoms with Gasteiger partial charge in [-0.1, -0.05) is 35.3 Å². The minimum absolute atomic E-state index is 0.186. The van der Waals surface area contributed by atoms with E-state index < -0.39 is 0 Å². The molecule has 21 heavy (non-hydrogen) atoms. The van der Waals surface area contributed by atoms with Gasteiger partial charge in [0.05, 0.1) is 5.56 Å². The van der Waals surface area contributed by atoms with E-state index in [2.05, 4.69) is 10.3 Å². The molecule has 3 aromatic rings. The molecule has 1 aromatic heterocycles. The number of carbonyl (C=O) groups excluding carboxylic acids is 1. The highest BCUT2D eigenvalue weighted by Crippen LogP contribution is 2.26. The van der Waals surface area contributed by atoms with Gasteiger partial charge < -0.3 is 10.3 Å². The first kappa shape index (κ1) is 14.0. The Morgan fingerprint density at radius 3 is 2.81 bits per heavy atom. The number of rotatable bonds is 2. The molecule has 0 radical (unpaired) electrons. The van der Waals surface area contributed by atoms with Gasteiger partial charge in [-0.3, -0.25) is 4.79 Å². The normalized spacial score (nSPS) is 10.8. The number of carbonyl (C=O) groups is 1. The largest absolute Gasteiger partial charge is 0.360 e. The molecule has 0 bridgehead atoms. The smallest absolute Gasteiger partial charge is 0.257 e. The SMILES string of the molecule is Cc1c(Cl)cccc1NC(=O)c1c[nH]c2cc(Cl)ccc12. The number of anilines is 1. The predicted molar refractivity (Wildman–Crippen MR) is 87.5 cm³/mol. The standard InChI is InChI=1S/C16H12Cl2N2O/c1-9-13(18)3-2-4-14(9)20-16(21)12-8-19-15-7-10(17)5-6-11(12)15/h2-8,19H,1H3,(H,20,21). The molecular weight excluding hydrogens is 307 g/mol. The highest BCUT2D eigenvalue weighted by molar-refractivity contribution is 6.32. The van der Waals surface area contributed by atoms with Gasteiger partial charge in [-0.25, -0.2) is 0 Å². The Hall–Kier alpha value is -1.97. The third kappa shape index (κ3) is 2.62. The highest BCUT2D eigenvalue weighted by Gasteiger charge is 2.13. The fourth-order valence-electron chi connectivity index (χ4n) is 2.22. The molecule has 0 unspecified atom stereocenters. The highest BCUT2D eigenvalue weighted by atomic mass is 35.5. The monoisotopic (exact) mass is 318 g/mol. The summed E-state index contributed by atoms with van der Waals surface area (Å²) in [7, 11) is 0. The lowest BCUT2D eigenvalue weighted by Gasteiger charge is -2.09. The van der Waals surface area contributed by atoms with Gasteiger partial charge in [0.25, 0.3) is 5.91 Å². The number of aromatic nitrogens is 1. The Bertz CT molecular complexity index is 839. The van der Waals surface area contributed by atoms with Gasteiger partial charge >= 0.3 is 0 Å². The number of amides is 1. The van der Waals surface area contributed by atoms with E-state index >= 15 is 0 Å². The fourth-order valence-corrected chi connectivity index (χ4v) is 2.57. The number of aromatic amines is 1. The molecule has 0 fully saturated rings. The summed E-state index contributed by atoms with van der Waals surface area (Å²) < 4.78 is 0. The van der Waals surface area contributed by atoms with Crippen LogP contribution in [-0.4, -0.2) is 10.9 Å². The average Bonchev–Trinajstić information content (AvgIpc) is 2.86. The Morgan fingerprint density at radius 1 is 1.19 bits per heavy atom. The van der Waals surface area contributed by atoms with Crippen LogP contribution in [0.2, 0.25) is 10.0 Å². The molecule has 106 valence electrons. The summed E-state index contributed by atoms with van der Waals surface area (Å²) in [4.78, 5) is 15.5. The first-order valence-corrected chi connectivity index (χ1v) is 7.15. The maximum Gasteiger partial charge on any atom is 0.257 e. The van der Waals surface area contributed by atoms with Gasteiger partial charge in [0.2, 0.25) is 0 Å². The molecule has 2 N–H and O–H groups in total. The van der Waals surface area contributed by atoms with Crippen molar-refractivity contribution in [2.45, 2.75) is 6.92 Å². The molecule has 3 rings (SSSR count). The van der Waals surface area contributed by atoms with Crippen LogP contribution in [0.25, 0.3) is 10.9 Å². The fraction of sp³-hybridized carbons (Fsp3) is 0.0625. The number of hydrogen-bond donors (Lipinski definition) is 2. The number of fused-ring (bicyclic) bond motifs is 1. The summed E-state index contributed by atoms with van der Waals surface area (Å²) in [6.07, 6.45) is 1.68. The molecule has 1 heterocycles. The second kappa shape index (κ2) is 5.43. The van der Waals surface area contributed by atoms with Crippen LogP contribution in [0.4, 0.5) is 5.69 Å². The Balaban J connectivity index is 1.96. The van der Waals surface area contributed by atoms with Crippen molar-refractivity contribution in [2.75, 3.05) is 5.32 Å². The van der Waals surface area contributed by atoms with Crippen LogP contribution in [0.1, 0.15) is 15.9 Å². The van der Waals surface area contributed by atoms with Gasteiger partial charge in [0.15, 0.2) is 0 Å². The Kier molecular flexibility index (Phi) is 3.62. The van der Waals surface area contributed by atoms with Crippen molar-refractivity contribution >= 4 is 45.7 Å². The third-order valence-electron chi connectivity index (χ3n) is 3.40. The van der Waals surface area contributed by atoms with Crippen LogP contribution in [0.15, 0.2) is 42.6 Å². The van der Waals surface area contributed by atoms with Crippen LogP contribution < -0.4 is 5.32 Å². The molecule has 0 aliphatic carbocycles. The first-order valence-electron chi connectivity index (χ1n) is 6.39. The van der Waals surface area contributed by atoms with Gasteiger partial charge in [-0.2, -0.15) is 0 Å². The lowest BCUT2D eigenvalue weighted by molar-refractivity contribution is 0.102. The van der Waals surface area contributed by atoms with Crippen LogP contribution >= 0.6 is 23.2 Å². The van der Waals surface area contributed by atoms with Gasteiger partial charge in [0, 0.05) is 32.8 Å². The van der Waals surface area contributed by atoms with Crippen molar-refractivity contribution in [3.63, 3.8) is 0 Å². The number of halogens is 2. The number of nitrogens with one attached hydrogen (secondary N) is 2. The van der Waals surface area contributed by atoms with Crippen LogP contribution in [0, 0.1) is 6.92 Å². The van der Waals surface area contributed by atoms with E-state index in [1.54, 1.807) is 30.5 Å². The van der Waals surface area contributed by atoms with Crippen LogP contribution in [-0.2, 0) is 0 Å².